The largest absolute Gasteiger partial charge is 0.491 e. The summed E-state index contributed by atoms with van der Waals surface area (Å²) in [6.45, 7) is 15.5. The highest BCUT2D eigenvalue weighted by Crippen LogP contribution is 2.23. The molecule has 0 aliphatic rings. The Hall–Kier alpha value is -4.77. The van der Waals surface area contributed by atoms with E-state index in [1.54, 1.807) is 63.2 Å². The highest BCUT2D eigenvalue weighted by molar-refractivity contribution is 5.90. The Morgan fingerprint density at radius 1 is 0.878 bits per heavy atom. The number of nitrogens with zero attached hydrogens (tertiary/aromatic N) is 1. The number of ether oxygens (including phenoxy) is 4. The number of hydrogen-bond donors (Lipinski definition) is 3. The normalized spacial score (nSPS) is 11.5. The highest BCUT2D eigenvalue weighted by atomic mass is 16.6. The number of hydrogen-bond acceptors (Lipinski definition) is 9. The molecule has 0 fully saturated rings. The molecule has 11 nitrogen and oxygen atoms in total. The maximum Gasteiger partial charge on any atom is 0.408 e. The van der Waals surface area contributed by atoms with Crippen LogP contribution in [0.5, 0.6) is 11.5 Å². The molecule has 0 aromatic heterocycles. The molecule has 4 N–H and O–H groups in total. The van der Waals surface area contributed by atoms with E-state index in [1.807, 2.05) is 30.3 Å². The van der Waals surface area contributed by atoms with Crippen LogP contribution in [0.4, 0.5) is 10.5 Å². The molecule has 0 aliphatic heterocycles. The van der Waals surface area contributed by atoms with E-state index in [2.05, 4.69) is 31.0 Å². The van der Waals surface area contributed by atoms with Crippen molar-refractivity contribution in [1.29, 1.82) is 0 Å². The van der Waals surface area contributed by atoms with Crippen LogP contribution in [0.15, 0.2) is 72.8 Å². The van der Waals surface area contributed by atoms with Crippen molar-refractivity contribution in [2.75, 3.05) is 38.6 Å². The van der Waals surface area contributed by atoms with E-state index < -0.39 is 23.7 Å². The molecular formula is C38H53N3O8. The van der Waals surface area contributed by atoms with Crippen LogP contribution in [-0.2, 0) is 27.3 Å². The van der Waals surface area contributed by atoms with Crippen LogP contribution in [0.1, 0.15) is 75.9 Å². The fourth-order valence-electron chi connectivity index (χ4n) is 4.35. The van der Waals surface area contributed by atoms with E-state index in [0.29, 0.717) is 42.6 Å². The molecule has 3 rings (SSSR count). The standard InChI is InChI=1S/C21H25NO5.C17H28N2O3/c1-21(2,3)27-20(25)22-18(19(23)24)13-15-9-11-17(12-10-15)26-14-16-7-5-4-6-8-16;1-4-7-11-21-16-13-14(8-9-15(16)18)17(20)22-12-10-19(5-2)6-3/h4-12,18H,13-14H2,1-3H3,(H,22,25)(H,23,24);8-9,13H,4-7,10-12,18H2,1-3H3/t18-;/m1./s1. The minimum atomic E-state index is -1.12. The lowest BCUT2D eigenvalue weighted by Gasteiger charge is -2.22. The lowest BCUT2D eigenvalue weighted by Crippen LogP contribution is -2.44. The van der Waals surface area contributed by atoms with Crippen molar-refractivity contribution in [3.05, 3.63) is 89.5 Å². The number of rotatable bonds is 17. The van der Waals surface area contributed by atoms with Crippen molar-refractivity contribution in [2.45, 2.75) is 79.1 Å². The molecule has 0 unspecified atom stereocenters. The zero-order valence-corrected chi connectivity index (χ0v) is 29.7. The summed E-state index contributed by atoms with van der Waals surface area (Å²) in [5.41, 5.74) is 8.02. The van der Waals surface area contributed by atoms with E-state index in [-0.39, 0.29) is 12.4 Å². The number of nitrogens with one attached hydrogen (secondary N) is 1. The molecule has 3 aromatic rings. The average Bonchev–Trinajstić information content (AvgIpc) is 3.07. The summed E-state index contributed by atoms with van der Waals surface area (Å²) in [5, 5.41) is 11.7. The third kappa shape index (κ3) is 16.3. The van der Waals surface area contributed by atoms with Gasteiger partial charge in [0.1, 0.15) is 36.4 Å². The minimum Gasteiger partial charge on any atom is -0.491 e. The number of alkyl carbamates (subject to hydrolysis) is 1. The first-order valence-corrected chi connectivity index (χ1v) is 16.7. The van der Waals surface area contributed by atoms with Crippen molar-refractivity contribution in [2.24, 2.45) is 0 Å². The maximum atomic E-state index is 12.1. The van der Waals surface area contributed by atoms with E-state index >= 15 is 0 Å². The molecular weight excluding hydrogens is 626 g/mol. The van der Waals surface area contributed by atoms with Crippen LogP contribution in [0.3, 0.4) is 0 Å². The molecule has 0 saturated carbocycles. The molecule has 268 valence electrons. The van der Waals surface area contributed by atoms with E-state index in [0.717, 1.165) is 43.6 Å². The number of anilines is 1. The summed E-state index contributed by atoms with van der Waals surface area (Å²) in [6, 6.07) is 20.9. The second-order valence-corrected chi connectivity index (χ2v) is 12.3. The third-order valence-electron chi connectivity index (χ3n) is 7.14. The van der Waals surface area contributed by atoms with Gasteiger partial charge in [-0.05, 0) is 81.7 Å². The Balaban J connectivity index is 0.000000348. The van der Waals surface area contributed by atoms with E-state index in [9.17, 15) is 19.5 Å². The fraction of sp³-hybridized carbons (Fsp3) is 0.447. The summed E-state index contributed by atoms with van der Waals surface area (Å²) >= 11 is 0. The van der Waals surface area contributed by atoms with Gasteiger partial charge in [0, 0.05) is 13.0 Å². The van der Waals surface area contributed by atoms with Gasteiger partial charge >= 0.3 is 18.0 Å². The Labute approximate surface area is 290 Å². The summed E-state index contributed by atoms with van der Waals surface area (Å²) < 4.78 is 21.7. The van der Waals surface area contributed by atoms with E-state index in [1.165, 1.54) is 0 Å². The van der Waals surface area contributed by atoms with Crippen molar-refractivity contribution < 1.29 is 38.4 Å². The number of nitrogen functional groups attached to an aromatic ring is 1. The number of unbranched alkanes of at least 4 members (excludes halogenated alkanes) is 1. The molecule has 0 radical (unpaired) electrons. The Kier molecular flexibility index (Phi) is 17.5. The Morgan fingerprint density at radius 3 is 2.14 bits per heavy atom. The van der Waals surface area contributed by atoms with E-state index in [4.69, 9.17) is 24.7 Å². The molecule has 3 aromatic carbocycles. The minimum absolute atomic E-state index is 0.146. The van der Waals surface area contributed by atoms with Gasteiger partial charge in [0.2, 0.25) is 0 Å². The van der Waals surface area contributed by atoms with Crippen LogP contribution < -0.4 is 20.5 Å². The quantitative estimate of drug-likeness (QED) is 0.0796. The first-order valence-electron chi connectivity index (χ1n) is 16.7. The summed E-state index contributed by atoms with van der Waals surface area (Å²) in [4.78, 5) is 37.5. The molecule has 0 saturated heterocycles. The lowest BCUT2D eigenvalue weighted by atomic mass is 10.1. The smallest absolute Gasteiger partial charge is 0.408 e. The summed E-state index contributed by atoms with van der Waals surface area (Å²) in [5.74, 6) is -0.223. The number of likely N-dealkylation sites (N-methyl/N-ethyl adjacent to an activating group) is 1. The second-order valence-electron chi connectivity index (χ2n) is 12.3. The lowest BCUT2D eigenvalue weighted by molar-refractivity contribution is -0.139. The zero-order valence-electron chi connectivity index (χ0n) is 29.7. The SMILES string of the molecule is CC(C)(C)OC(=O)N[C@H](Cc1ccc(OCc2ccccc2)cc1)C(=O)O.CCCCOc1cc(C(=O)OCCN(CC)CC)ccc1N. The highest BCUT2D eigenvalue weighted by Gasteiger charge is 2.24. The van der Waals surface area contributed by atoms with Gasteiger partial charge in [0.15, 0.2) is 0 Å². The zero-order chi connectivity index (χ0) is 36.2. The molecule has 0 aliphatic carbocycles. The monoisotopic (exact) mass is 679 g/mol. The number of carboxylic acid groups (broad SMARTS) is 1. The molecule has 0 spiro atoms. The fourth-order valence-corrected chi connectivity index (χ4v) is 4.35. The number of benzene rings is 3. The number of esters is 1. The van der Waals surface area contributed by atoms with Gasteiger partial charge in [0.05, 0.1) is 17.9 Å². The first kappa shape index (κ1) is 40.4. The van der Waals surface area contributed by atoms with Crippen molar-refractivity contribution >= 4 is 23.7 Å². The number of carbonyl (C=O) groups excluding carboxylic acids is 2. The molecule has 0 bridgehead atoms. The third-order valence-corrected chi connectivity index (χ3v) is 7.14. The number of nitrogens with two attached hydrogens (primary N) is 1. The van der Waals surface area contributed by atoms with Gasteiger partial charge in [-0.3, -0.25) is 0 Å². The average molecular weight is 680 g/mol. The van der Waals surface area contributed by atoms with Crippen LogP contribution in [-0.4, -0.2) is 72.5 Å². The number of aliphatic carboxylic acids is 1. The number of carbonyl (C=O) groups is 3. The van der Waals surface area contributed by atoms with Crippen molar-refractivity contribution in [1.82, 2.24) is 10.2 Å². The van der Waals surface area contributed by atoms with Gasteiger partial charge in [-0.2, -0.15) is 0 Å². The van der Waals surface area contributed by atoms with Crippen LogP contribution >= 0.6 is 0 Å². The van der Waals surface area contributed by atoms with Gasteiger partial charge < -0.3 is 40.0 Å². The van der Waals surface area contributed by atoms with Crippen molar-refractivity contribution in [3.8, 4) is 11.5 Å². The molecule has 1 atom stereocenters. The number of carboxylic acids is 1. The molecule has 0 heterocycles. The summed E-state index contributed by atoms with van der Waals surface area (Å²) in [7, 11) is 0. The van der Waals surface area contributed by atoms with Crippen LogP contribution in [0.2, 0.25) is 0 Å². The van der Waals surface area contributed by atoms with Gasteiger partial charge in [-0.1, -0.05) is 69.7 Å². The molecule has 1 amide bonds. The molecule has 11 heteroatoms. The number of amides is 1. The maximum absolute atomic E-state index is 12.1. The summed E-state index contributed by atoms with van der Waals surface area (Å²) in [6.07, 6.45) is 1.40. The van der Waals surface area contributed by atoms with Crippen LogP contribution in [0.25, 0.3) is 0 Å². The predicted molar refractivity (Wildman–Crippen MR) is 191 cm³/mol. The van der Waals surface area contributed by atoms with Gasteiger partial charge in [0.25, 0.3) is 0 Å². The van der Waals surface area contributed by atoms with Crippen molar-refractivity contribution in [3.63, 3.8) is 0 Å². The van der Waals surface area contributed by atoms with Gasteiger partial charge in [-0.15, -0.1) is 0 Å². The van der Waals surface area contributed by atoms with Gasteiger partial charge in [-0.25, -0.2) is 14.4 Å². The Bertz CT molecular complexity index is 1420. The second kappa shape index (κ2) is 21.3. The predicted octanol–water partition coefficient (Wildman–Crippen LogP) is 6.73. The molecule has 49 heavy (non-hydrogen) atoms. The van der Waals surface area contributed by atoms with Crippen LogP contribution in [0, 0.1) is 0 Å². The Morgan fingerprint density at radius 2 is 1.55 bits per heavy atom. The first-order chi connectivity index (χ1) is 23.3. The topological polar surface area (TPSA) is 150 Å².